The lowest BCUT2D eigenvalue weighted by atomic mass is 10.1. The Bertz CT molecular complexity index is 251. The molecule has 0 aliphatic heterocycles. The van der Waals surface area contributed by atoms with Gasteiger partial charge in [-0.05, 0) is 31.5 Å². The van der Waals surface area contributed by atoms with Crippen molar-refractivity contribution >= 4 is 6.21 Å². The second-order valence-electron chi connectivity index (χ2n) is 3.28. The summed E-state index contributed by atoms with van der Waals surface area (Å²) in [5.74, 6) is 0. The van der Waals surface area contributed by atoms with Crippen molar-refractivity contribution in [1.29, 1.82) is 0 Å². The average molecular weight is 175 g/mol. The van der Waals surface area contributed by atoms with Crippen LogP contribution in [0.3, 0.4) is 0 Å². The van der Waals surface area contributed by atoms with E-state index in [2.05, 4.69) is 43.1 Å². The number of hydrogen-bond donors (Lipinski definition) is 0. The van der Waals surface area contributed by atoms with E-state index in [4.69, 9.17) is 0 Å². The largest absolute Gasteiger partial charge is 0.294 e. The van der Waals surface area contributed by atoms with Crippen molar-refractivity contribution in [3.63, 3.8) is 0 Å². The fourth-order valence-corrected chi connectivity index (χ4v) is 1.29. The maximum absolute atomic E-state index is 4.41. The third-order valence-corrected chi connectivity index (χ3v) is 1.92. The summed E-state index contributed by atoms with van der Waals surface area (Å²) >= 11 is 0. The minimum Gasteiger partial charge on any atom is -0.294 e. The number of rotatable bonds is 4. The highest BCUT2D eigenvalue weighted by Gasteiger charge is 1.98. The highest BCUT2D eigenvalue weighted by molar-refractivity contribution is 5.56. The van der Waals surface area contributed by atoms with Gasteiger partial charge in [0.25, 0.3) is 0 Å². The molecule has 0 heterocycles. The molecule has 0 aliphatic carbocycles. The zero-order valence-electron chi connectivity index (χ0n) is 8.40. The molecule has 0 saturated carbocycles. The van der Waals surface area contributed by atoms with Crippen molar-refractivity contribution in [2.45, 2.75) is 32.7 Å². The Balaban J connectivity index is 2.45. The smallest absolute Gasteiger partial charge is 0.0507 e. The van der Waals surface area contributed by atoms with Gasteiger partial charge in [0.1, 0.15) is 0 Å². The predicted octanol–water partition coefficient (Wildman–Crippen LogP) is 3.10. The van der Waals surface area contributed by atoms with Crippen molar-refractivity contribution in [2.75, 3.05) is 0 Å². The third-order valence-electron chi connectivity index (χ3n) is 1.92. The van der Waals surface area contributed by atoms with Crippen LogP contribution < -0.4 is 0 Å². The van der Waals surface area contributed by atoms with Crippen molar-refractivity contribution in [3.8, 4) is 0 Å². The molecule has 0 aromatic heterocycles. The Morgan fingerprint density at radius 2 is 2.00 bits per heavy atom. The fraction of sp³-hybridized carbons (Fsp3) is 0.417. The Labute approximate surface area is 80.5 Å². The molecule has 0 bridgehead atoms. The lowest BCUT2D eigenvalue weighted by Gasteiger charge is -2.05. The second-order valence-corrected chi connectivity index (χ2v) is 3.28. The number of aliphatic imine (C=N–C) groups is 1. The van der Waals surface area contributed by atoms with Crippen LogP contribution in [0.2, 0.25) is 0 Å². The monoisotopic (exact) mass is 175 g/mol. The number of nitrogens with zero attached hydrogens (tertiary/aromatic N) is 1. The summed E-state index contributed by atoms with van der Waals surface area (Å²) in [5.41, 5.74) is 1.36. The molecule has 1 atom stereocenters. The van der Waals surface area contributed by atoms with Crippen molar-refractivity contribution in [2.24, 2.45) is 4.99 Å². The summed E-state index contributed by atoms with van der Waals surface area (Å²) in [6.45, 7) is 4.26. The Hall–Kier alpha value is -1.11. The maximum Gasteiger partial charge on any atom is 0.0507 e. The first-order valence-electron chi connectivity index (χ1n) is 4.88. The third kappa shape index (κ3) is 3.88. The molecule has 0 aliphatic rings. The normalized spacial score (nSPS) is 13.4. The van der Waals surface area contributed by atoms with E-state index in [1.54, 1.807) is 0 Å². The van der Waals surface area contributed by atoms with Crippen LogP contribution in [-0.2, 0) is 6.42 Å². The van der Waals surface area contributed by atoms with Crippen LogP contribution >= 0.6 is 0 Å². The first kappa shape index (κ1) is 9.97. The Morgan fingerprint density at radius 1 is 1.31 bits per heavy atom. The van der Waals surface area contributed by atoms with Crippen LogP contribution in [0.1, 0.15) is 25.8 Å². The Kier molecular flexibility index (Phi) is 4.24. The van der Waals surface area contributed by atoms with Crippen LogP contribution in [0.25, 0.3) is 0 Å². The van der Waals surface area contributed by atoms with Crippen LogP contribution in [-0.4, -0.2) is 12.3 Å². The molecule has 0 N–H and O–H groups in total. The van der Waals surface area contributed by atoms with Gasteiger partial charge in [0, 0.05) is 0 Å². The molecule has 1 nitrogen and oxygen atoms in total. The van der Waals surface area contributed by atoms with Gasteiger partial charge in [0.15, 0.2) is 0 Å². The molecular weight excluding hydrogens is 158 g/mol. The van der Waals surface area contributed by atoms with E-state index in [0.717, 1.165) is 12.8 Å². The van der Waals surface area contributed by atoms with Gasteiger partial charge < -0.3 is 0 Å². The van der Waals surface area contributed by atoms with Gasteiger partial charge in [-0.15, -0.1) is 0 Å². The molecular formula is C12H17N. The molecule has 0 spiro atoms. The summed E-state index contributed by atoms with van der Waals surface area (Å²) in [4.78, 5) is 4.41. The highest BCUT2D eigenvalue weighted by Crippen LogP contribution is 2.04. The molecule has 0 saturated heterocycles. The second kappa shape index (κ2) is 5.52. The summed E-state index contributed by atoms with van der Waals surface area (Å²) in [6, 6.07) is 10.9. The molecule has 1 rings (SSSR count). The van der Waals surface area contributed by atoms with Gasteiger partial charge in [0.05, 0.1) is 6.04 Å². The molecule has 0 amide bonds. The zero-order valence-corrected chi connectivity index (χ0v) is 8.40. The summed E-state index contributed by atoms with van der Waals surface area (Å²) < 4.78 is 0. The molecule has 0 fully saturated rings. The van der Waals surface area contributed by atoms with E-state index in [0.29, 0.717) is 6.04 Å². The topological polar surface area (TPSA) is 12.4 Å². The maximum atomic E-state index is 4.41. The van der Waals surface area contributed by atoms with Crippen LogP contribution in [0.5, 0.6) is 0 Å². The predicted molar refractivity (Wildman–Crippen MR) is 58.4 cm³/mol. The van der Waals surface area contributed by atoms with E-state index < -0.39 is 0 Å². The van der Waals surface area contributed by atoms with Gasteiger partial charge in [-0.25, -0.2) is 0 Å². The molecule has 1 aromatic rings. The summed E-state index contributed by atoms with van der Waals surface area (Å²) in [5, 5.41) is 0. The van der Waals surface area contributed by atoms with E-state index in [1.165, 1.54) is 5.56 Å². The minimum atomic E-state index is 0.405. The van der Waals surface area contributed by atoms with Gasteiger partial charge in [0.2, 0.25) is 0 Å². The summed E-state index contributed by atoms with van der Waals surface area (Å²) in [6.07, 6.45) is 4.06. The fourth-order valence-electron chi connectivity index (χ4n) is 1.29. The SMILES string of the molecule is CC/C=N\C(C)Cc1ccccc1. The van der Waals surface area contributed by atoms with Gasteiger partial charge in [-0.3, -0.25) is 4.99 Å². The molecule has 13 heavy (non-hydrogen) atoms. The lowest BCUT2D eigenvalue weighted by Crippen LogP contribution is -2.02. The van der Waals surface area contributed by atoms with Gasteiger partial charge in [-0.1, -0.05) is 37.3 Å². The van der Waals surface area contributed by atoms with E-state index in [-0.39, 0.29) is 0 Å². The minimum absolute atomic E-state index is 0.405. The van der Waals surface area contributed by atoms with Crippen molar-refractivity contribution in [1.82, 2.24) is 0 Å². The molecule has 1 heteroatoms. The zero-order chi connectivity index (χ0) is 9.52. The van der Waals surface area contributed by atoms with E-state index >= 15 is 0 Å². The molecule has 0 radical (unpaired) electrons. The average Bonchev–Trinajstić information content (AvgIpc) is 2.16. The Morgan fingerprint density at radius 3 is 2.62 bits per heavy atom. The highest BCUT2D eigenvalue weighted by atomic mass is 14.7. The van der Waals surface area contributed by atoms with E-state index in [1.807, 2.05) is 12.3 Å². The van der Waals surface area contributed by atoms with Crippen LogP contribution in [0, 0.1) is 0 Å². The lowest BCUT2D eigenvalue weighted by molar-refractivity contribution is 0.741. The standard InChI is InChI=1S/C12H17N/c1-3-9-13-11(2)10-12-7-5-4-6-8-12/h4-9,11H,3,10H2,1-2H3/b13-9-. The first-order valence-corrected chi connectivity index (χ1v) is 4.88. The molecule has 1 unspecified atom stereocenters. The van der Waals surface area contributed by atoms with Crippen molar-refractivity contribution < 1.29 is 0 Å². The first-order chi connectivity index (χ1) is 6.33. The van der Waals surface area contributed by atoms with Crippen LogP contribution in [0.15, 0.2) is 35.3 Å². The molecule has 70 valence electrons. The summed E-state index contributed by atoms with van der Waals surface area (Å²) in [7, 11) is 0. The van der Waals surface area contributed by atoms with Crippen LogP contribution in [0.4, 0.5) is 0 Å². The number of hydrogen-bond acceptors (Lipinski definition) is 1. The molecule has 1 aromatic carbocycles. The van der Waals surface area contributed by atoms with E-state index in [9.17, 15) is 0 Å². The number of benzene rings is 1. The van der Waals surface area contributed by atoms with Gasteiger partial charge >= 0.3 is 0 Å². The quantitative estimate of drug-likeness (QED) is 0.623. The van der Waals surface area contributed by atoms with Crippen molar-refractivity contribution in [3.05, 3.63) is 35.9 Å². The van der Waals surface area contributed by atoms with Gasteiger partial charge in [-0.2, -0.15) is 0 Å².